The lowest BCUT2D eigenvalue weighted by Gasteiger charge is -2.25. The summed E-state index contributed by atoms with van der Waals surface area (Å²) >= 11 is 0. The first-order valence-electron chi connectivity index (χ1n) is 19.8. The molecule has 0 saturated carbocycles. The number of hydrogen-bond donors (Lipinski definition) is 4. The Labute approximate surface area is 307 Å². The number of rotatable bonds is 30. The Morgan fingerprint density at radius 2 is 1.16 bits per heavy atom. The van der Waals surface area contributed by atoms with E-state index in [1.54, 1.807) is 47.7 Å². The first kappa shape index (κ1) is 45.7. The molecule has 5 atom stereocenters. The van der Waals surface area contributed by atoms with Crippen molar-refractivity contribution in [3.8, 4) is 0 Å². The molecule has 4 N–H and O–H groups in total. The van der Waals surface area contributed by atoms with Gasteiger partial charge >= 0.3 is 0 Å². The smallest absolute Gasteiger partial charge is 0.223 e. The number of nitrogens with zero attached hydrogens (tertiary/aromatic N) is 1. The maximum Gasteiger partial charge on any atom is 0.223 e. The molecule has 3 amide bonds. The Hall–Kier alpha value is -3.37. The van der Waals surface area contributed by atoms with Gasteiger partial charge in [0.25, 0.3) is 0 Å². The van der Waals surface area contributed by atoms with Crippen molar-refractivity contribution < 1.29 is 28.8 Å². The van der Waals surface area contributed by atoms with E-state index in [0.717, 1.165) is 19.3 Å². The van der Waals surface area contributed by atoms with Gasteiger partial charge in [-0.2, -0.15) is 0 Å². The maximum absolute atomic E-state index is 13.5. The number of nitrogens with one attached hydrogen (secondary N) is 4. The number of H-pyrrole nitrogens is 1. The number of unbranched alkanes of at least 4 members (excludes halogenated alkanes) is 12. The first-order valence-corrected chi connectivity index (χ1v) is 19.8. The normalized spacial score (nSPS) is 14.3. The Bertz CT molecular complexity index is 1180. The highest BCUT2D eigenvalue weighted by Gasteiger charge is 2.31. The molecule has 290 valence electrons. The van der Waals surface area contributed by atoms with E-state index in [1.165, 1.54) is 70.5 Å². The Morgan fingerprint density at radius 3 is 1.65 bits per heavy atom. The Morgan fingerprint density at radius 1 is 0.647 bits per heavy atom. The molecule has 1 heterocycles. The highest BCUT2D eigenvalue weighted by atomic mass is 16.2. The lowest BCUT2D eigenvalue weighted by atomic mass is 9.91. The average Bonchev–Trinajstić information content (AvgIpc) is 3.61. The summed E-state index contributed by atoms with van der Waals surface area (Å²) < 4.78 is 0. The number of ketones is 3. The van der Waals surface area contributed by atoms with Gasteiger partial charge in [-0.05, 0) is 19.3 Å². The zero-order valence-electron chi connectivity index (χ0n) is 32.7. The second-order valence-electron chi connectivity index (χ2n) is 14.8. The molecule has 0 spiro atoms. The van der Waals surface area contributed by atoms with Crippen LogP contribution in [0.25, 0.3) is 0 Å². The summed E-state index contributed by atoms with van der Waals surface area (Å²) in [5, 5.41) is 8.35. The number of amides is 3. The number of hydrogen-bond acceptors (Lipinski definition) is 7. The van der Waals surface area contributed by atoms with Crippen molar-refractivity contribution in [3.05, 3.63) is 18.2 Å². The van der Waals surface area contributed by atoms with Crippen LogP contribution >= 0.6 is 0 Å². The van der Waals surface area contributed by atoms with Gasteiger partial charge in [0.15, 0.2) is 17.3 Å². The van der Waals surface area contributed by atoms with E-state index in [9.17, 15) is 28.8 Å². The van der Waals surface area contributed by atoms with Crippen LogP contribution in [0.1, 0.15) is 163 Å². The number of carbonyl (C=O) groups excluding carboxylic acids is 6. The topological polar surface area (TPSA) is 167 Å². The Kier molecular flexibility index (Phi) is 23.6. The van der Waals surface area contributed by atoms with Gasteiger partial charge in [0.2, 0.25) is 17.7 Å². The second kappa shape index (κ2) is 26.4. The van der Waals surface area contributed by atoms with Crippen LogP contribution in [0.3, 0.4) is 0 Å². The SMILES string of the molecule is CCCCCCCCCCCCCCCC(=O)N[C@@H](Cc1cnc[nH]1)C(=O)C[C@@H](C)C(=O)N[C@H](C(=O)C[C@@H](C)C(=O)N[C@@H](C)C(=O)CC)C(C)C. The highest BCUT2D eigenvalue weighted by molar-refractivity contribution is 5.96. The number of imidazole rings is 1. The van der Waals surface area contributed by atoms with E-state index in [-0.39, 0.29) is 48.4 Å². The predicted octanol–water partition coefficient (Wildman–Crippen LogP) is 6.73. The fourth-order valence-corrected chi connectivity index (χ4v) is 6.15. The van der Waals surface area contributed by atoms with Crippen LogP contribution in [-0.2, 0) is 35.2 Å². The molecule has 0 unspecified atom stereocenters. The molecule has 0 fully saturated rings. The van der Waals surface area contributed by atoms with E-state index in [1.807, 2.05) is 0 Å². The van der Waals surface area contributed by atoms with Gasteiger partial charge in [-0.3, -0.25) is 28.8 Å². The largest absolute Gasteiger partial charge is 0.348 e. The van der Waals surface area contributed by atoms with E-state index in [4.69, 9.17) is 0 Å². The Balaban J connectivity index is 2.60. The molecule has 51 heavy (non-hydrogen) atoms. The van der Waals surface area contributed by atoms with Crippen molar-refractivity contribution in [3.63, 3.8) is 0 Å². The maximum atomic E-state index is 13.5. The third kappa shape index (κ3) is 19.7. The van der Waals surface area contributed by atoms with Crippen LogP contribution < -0.4 is 16.0 Å². The summed E-state index contributed by atoms with van der Waals surface area (Å²) in [6.45, 7) is 12.4. The lowest BCUT2D eigenvalue weighted by Crippen LogP contribution is -2.49. The van der Waals surface area contributed by atoms with Crippen molar-refractivity contribution in [2.75, 3.05) is 0 Å². The van der Waals surface area contributed by atoms with Crippen LogP contribution in [0.2, 0.25) is 0 Å². The summed E-state index contributed by atoms with van der Waals surface area (Å²) in [5.41, 5.74) is 0.698. The minimum Gasteiger partial charge on any atom is -0.348 e. The molecule has 1 rings (SSSR count). The number of aromatic nitrogens is 2. The summed E-state index contributed by atoms with van der Waals surface area (Å²) in [5.74, 6) is -3.41. The number of aromatic amines is 1. The van der Waals surface area contributed by atoms with Crippen LogP contribution in [0, 0.1) is 17.8 Å². The molecule has 0 aliphatic heterocycles. The third-order valence-corrected chi connectivity index (χ3v) is 9.62. The number of Topliss-reactive ketones (excluding diaryl/α,β-unsaturated/α-hetero) is 3. The van der Waals surface area contributed by atoms with E-state index in [0.29, 0.717) is 18.5 Å². The minimum atomic E-state index is -0.846. The summed E-state index contributed by atoms with van der Waals surface area (Å²) in [6, 6.07) is -2.31. The lowest BCUT2D eigenvalue weighted by molar-refractivity contribution is -0.135. The minimum absolute atomic E-state index is 0.0982. The molecule has 11 heteroatoms. The van der Waals surface area contributed by atoms with Gasteiger partial charge in [-0.1, -0.05) is 119 Å². The monoisotopic (exact) mass is 716 g/mol. The summed E-state index contributed by atoms with van der Waals surface area (Å²) in [4.78, 5) is 84.3. The fraction of sp³-hybridized carbons (Fsp3) is 0.775. The zero-order chi connectivity index (χ0) is 38.2. The van der Waals surface area contributed by atoms with E-state index < -0.39 is 41.8 Å². The molecule has 0 aromatic carbocycles. The van der Waals surface area contributed by atoms with Crippen molar-refractivity contribution in [1.29, 1.82) is 0 Å². The number of carbonyl (C=O) groups is 6. The molecule has 0 bridgehead atoms. The van der Waals surface area contributed by atoms with Crippen LogP contribution in [0.5, 0.6) is 0 Å². The highest BCUT2D eigenvalue weighted by Crippen LogP contribution is 2.16. The van der Waals surface area contributed by atoms with Crippen molar-refractivity contribution in [2.24, 2.45) is 17.8 Å². The van der Waals surface area contributed by atoms with Crippen molar-refractivity contribution >= 4 is 35.1 Å². The van der Waals surface area contributed by atoms with Crippen LogP contribution in [0.4, 0.5) is 0 Å². The van der Waals surface area contributed by atoms with Crippen molar-refractivity contribution in [1.82, 2.24) is 25.9 Å². The van der Waals surface area contributed by atoms with Gasteiger partial charge in [0, 0.05) is 55.8 Å². The molecule has 1 aromatic rings. The van der Waals surface area contributed by atoms with Crippen molar-refractivity contribution in [2.45, 2.75) is 182 Å². The van der Waals surface area contributed by atoms with E-state index in [2.05, 4.69) is 32.8 Å². The van der Waals surface area contributed by atoms with Gasteiger partial charge in [0.05, 0.1) is 24.5 Å². The quantitative estimate of drug-likeness (QED) is 0.0641. The van der Waals surface area contributed by atoms with Crippen LogP contribution in [-0.4, -0.2) is 63.2 Å². The fourth-order valence-electron chi connectivity index (χ4n) is 6.15. The zero-order valence-corrected chi connectivity index (χ0v) is 32.7. The predicted molar refractivity (Wildman–Crippen MR) is 202 cm³/mol. The standard InChI is InChI=1S/C40H69N5O6/c1-8-10-11-12-13-14-15-16-17-18-19-20-21-22-37(49)44-33(25-32-26-41-27-42-32)35(47)23-29(5)40(51)45-38(28(3)4)36(48)24-30(6)39(50)43-31(7)34(46)9-2/h26-31,33,38H,8-25H2,1-7H3,(H,41,42)(H,43,50)(H,44,49)(H,45,51)/t29-,30-,31+,33+,38+/m1/s1. The molecule has 1 aromatic heterocycles. The van der Waals surface area contributed by atoms with Gasteiger partial charge in [-0.15, -0.1) is 0 Å². The molecular weight excluding hydrogens is 646 g/mol. The molecule has 0 radical (unpaired) electrons. The molecule has 0 aliphatic rings. The van der Waals surface area contributed by atoms with Crippen LogP contribution in [0.15, 0.2) is 12.5 Å². The first-order chi connectivity index (χ1) is 24.3. The van der Waals surface area contributed by atoms with Gasteiger partial charge in [0.1, 0.15) is 0 Å². The molecular formula is C40H69N5O6. The van der Waals surface area contributed by atoms with Gasteiger partial charge in [-0.25, -0.2) is 4.98 Å². The summed E-state index contributed by atoms with van der Waals surface area (Å²) in [6.07, 6.45) is 19.6. The summed E-state index contributed by atoms with van der Waals surface area (Å²) in [7, 11) is 0. The molecule has 11 nitrogen and oxygen atoms in total. The molecule has 0 aliphatic carbocycles. The average molecular weight is 716 g/mol. The molecule has 0 saturated heterocycles. The third-order valence-electron chi connectivity index (χ3n) is 9.62. The second-order valence-corrected chi connectivity index (χ2v) is 14.8. The van der Waals surface area contributed by atoms with Gasteiger partial charge < -0.3 is 20.9 Å². The van der Waals surface area contributed by atoms with E-state index >= 15 is 0 Å².